The molecule has 0 heterocycles. The van der Waals surface area contributed by atoms with Crippen LogP contribution in [0.1, 0.15) is 12.0 Å². The molecule has 1 N–H and O–H groups in total. The Morgan fingerprint density at radius 1 is 1.33 bits per heavy atom. The molecule has 0 bridgehead atoms. The van der Waals surface area contributed by atoms with Gasteiger partial charge in [0.25, 0.3) is 0 Å². The van der Waals surface area contributed by atoms with Gasteiger partial charge in [-0.15, -0.1) is 0 Å². The maximum Gasteiger partial charge on any atom is 0.225 e. The van der Waals surface area contributed by atoms with E-state index in [1.165, 1.54) is 4.90 Å². The molecule has 1 amide bonds. The van der Waals surface area contributed by atoms with E-state index >= 15 is 0 Å². The molecule has 0 aliphatic carbocycles. The summed E-state index contributed by atoms with van der Waals surface area (Å²) in [6.45, 7) is 0.221. The number of methoxy groups -OCH3 is 1. The molecular weight excluding hydrogens is 234 g/mol. The second-order valence-corrected chi connectivity index (χ2v) is 4.03. The molecule has 5 heteroatoms. The summed E-state index contributed by atoms with van der Waals surface area (Å²) in [6.07, 6.45) is 0.305. The van der Waals surface area contributed by atoms with Crippen LogP contribution in [0, 0.1) is 0 Å². The summed E-state index contributed by atoms with van der Waals surface area (Å²) in [7, 11) is 4.95. The van der Waals surface area contributed by atoms with Crippen LogP contribution >= 0.6 is 0 Å². The largest absolute Gasteiger partial charge is 0.493 e. The first-order valence-electron chi connectivity index (χ1n) is 5.69. The van der Waals surface area contributed by atoms with Crippen molar-refractivity contribution in [3.63, 3.8) is 0 Å². The van der Waals surface area contributed by atoms with Crippen LogP contribution in [0.2, 0.25) is 0 Å². The molecule has 0 spiro atoms. The molecule has 0 unspecified atom stereocenters. The van der Waals surface area contributed by atoms with E-state index in [0.717, 1.165) is 5.56 Å². The van der Waals surface area contributed by atoms with Crippen LogP contribution in [-0.4, -0.2) is 43.7 Å². The number of aliphatic hydroxyl groups excluding tert-OH is 1. The molecule has 1 aromatic rings. The zero-order valence-corrected chi connectivity index (χ0v) is 11.0. The van der Waals surface area contributed by atoms with Crippen LogP contribution < -0.4 is 9.47 Å². The molecule has 5 nitrogen and oxygen atoms in total. The Labute approximate surface area is 107 Å². The summed E-state index contributed by atoms with van der Waals surface area (Å²) < 4.78 is 10.7. The minimum absolute atomic E-state index is 0.00674. The van der Waals surface area contributed by atoms with Gasteiger partial charge in [-0.25, -0.2) is 0 Å². The monoisotopic (exact) mass is 253 g/mol. The predicted molar refractivity (Wildman–Crippen MR) is 67.7 cm³/mol. The van der Waals surface area contributed by atoms with Crippen LogP contribution in [0.15, 0.2) is 18.2 Å². The Bertz CT molecular complexity index is 404. The fourth-order valence-electron chi connectivity index (χ4n) is 1.40. The van der Waals surface area contributed by atoms with Crippen LogP contribution in [-0.2, 0) is 11.4 Å². The SMILES string of the molecule is COc1ccc(CO)cc1OCCC(=O)N(C)C. The first-order chi connectivity index (χ1) is 8.58. The van der Waals surface area contributed by atoms with E-state index in [9.17, 15) is 4.79 Å². The fourth-order valence-corrected chi connectivity index (χ4v) is 1.40. The molecule has 0 radical (unpaired) electrons. The number of ether oxygens (including phenoxy) is 2. The molecular formula is C13H19NO4. The Morgan fingerprint density at radius 2 is 2.06 bits per heavy atom. The zero-order valence-electron chi connectivity index (χ0n) is 11.0. The van der Waals surface area contributed by atoms with Gasteiger partial charge in [-0.05, 0) is 17.7 Å². The van der Waals surface area contributed by atoms with Crippen LogP contribution in [0.25, 0.3) is 0 Å². The van der Waals surface area contributed by atoms with E-state index in [1.54, 1.807) is 39.4 Å². The molecule has 18 heavy (non-hydrogen) atoms. The molecule has 1 aromatic carbocycles. The second kappa shape index (κ2) is 6.86. The summed E-state index contributed by atoms with van der Waals surface area (Å²) in [6, 6.07) is 5.20. The molecule has 0 aromatic heterocycles. The van der Waals surface area contributed by atoms with Crippen molar-refractivity contribution in [1.29, 1.82) is 0 Å². The quantitative estimate of drug-likeness (QED) is 0.823. The van der Waals surface area contributed by atoms with Crippen LogP contribution in [0.5, 0.6) is 11.5 Å². The molecule has 1 rings (SSSR count). The van der Waals surface area contributed by atoms with Crippen LogP contribution in [0.3, 0.4) is 0 Å². The maximum absolute atomic E-state index is 11.4. The van der Waals surface area contributed by atoms with Gasteiger partial charge in [0.1, 0.15) is 0 Å². The van der Waals surface area contributed by atoms with E-state index in [4.69, 9.17) is 14.6 Å². The molecule has 0 saturated heterocycles. The Balaban J connectivity index is 2.62. The van der Waals surface area contributed by atoms with E-state index in [-0.39, 0.29) is 19.1 Å². The summed E-state index contributed by atoms with van der Waals surface area (Å²) in [4.78, 5) is 12.9. The van der Waals surface area contributed by atoms with Gasteiger partial charge in [0.2, 0.25) is 5.91 Å². The van der Waals surface area contributed by atoms with E-state index < -0.39 is 0 Å². The molecule has 0 atom stereocenters. The third-order valence-corrected chi connectivity index (χ3v) is 2.48. The van der Waals surface area contributed by atoms with Crippen molar-refractivity contribution >= 4 is 5.91 Å². The maximum atomic E-state index is 11.4. The van der Waals surface area contributed by atoms with Crippen molar-refractivity contribution in [2.75, 3.05) is 27.8 Å². The number of carbonyl (C=O) groups is 1. The Kier molecular flexibility index (Phi) is 5.45. The highest BCUT2D eigenvalue weighted by Gasteiger charge is 2.08. The number of hydrogen-bond acceptors (Lipinski definition) is 4. The minimum Gasteiger partial charge on any atom is -0.493 e. The first kappa shape index (κ1) is 14.3. The summed E-state index contributed by atoms with van der Waals surface area (Å²) in [5, 5.41) is 9.05. The minimum atomic E-state index is -0.0585. The van der Waals surface area contributed by atoms with Crippen molar-refractivity contribution < 1.29 is 19.4 Å². The van der Waals surface area contributed by atoms with Gasteiger partial charge in [0, 0.05) is 14.1 Å². The standard InChI is InChI=1S/C13H19NO4/c1-14(2)13(16)6-7-18-12-8-10(9-15)4-5-11(12)17-3/h4-5,8,15H,6-7,9H2,1-3H3. The van der Waals surface area contributed by atoms with Crippen molar-refractivity contribution in [2.45, 2.75) is 13.0 Å². The molecule has 100 valence electrons. The summed E-state index contributed by atoms with van der Waals surface area (Å²) >= 11 is 0. The number of aliphatic hydroxyl groups is 1. The number of nitrogens with zero attached hydrogens (tertiary/aromatic N) is 1. The van der Waals surface area contributed by atoms with Gasteiger partial charge >= 0.3 is 0 Å². The van der Waals surface area contributed by atoms with Gasteiger partial charge in [-0.2, -0.15) is 0 Å². The second-order valence-electron chi connectivity index (χ2n) is 4.03. The van der Waals surface area contributed by atoms with E-state index in [0.29, 0.717) is 17.9 Å². The lowest BCUT2D eigenvalue weighted by molar-refractivity contribution is -0.129. The van der Waals surface area contributed by atoms with Crippen LogP contribution in [0.4, 0.5) is 0 Å². The lowest BCUT2D eigenvalue weighted by Gasteiger charge is -2.13. The predicted octanol–water partition coefficient (Wildman–Crippen LogP) is 1.04. The normalized spacial score (nSPS) is 10.0. The Hall–Kier alpha value is -1.75. The third-order valence-electron chi connectivity index (χ3n) is 2.48. The number of rotatable bonds is 6. The number of benzene rings is 1. The lowest BCUT2D eigenvalue weighted by Crippen LogP contribution is -2.23. The summed E-state index contributed by atoms with van der Waals surface area (Å²) in [5.41, 5.74) is 0.740. The topological polar surface area (TPSA) is 59.0 Å². The van der Waals surface area contributed by atoms with Crippen molar-refractivity contribution in [1.82, 2.24) is 4.90 Å². The van der Waals surface area contributed by atoms with Gasteiger partial charge in [0.05, 0.1) is 26.7 Å². The molecule has 0 saturated carbocycles. The Morgan fingerprint density at radius 3 is 2.61 bits per heavy atom. The highest BCUT2D eigenvalue weighted by molar-refractivity contribution is 5.75. The van der Waals surface area contributed by atoms with Gasteiger partial charge in [0.15, 0.2) is 11.5 Å². The van der Waals surface area contributed by atoms with Crippen molar-refractivity contribution in [3.8, 4) is 11.5 Å². The lowest BCUT2D eigenvalue weighted by atomic mass is 10.2. The molecule has 0 aliphatic rings. The van der Waals surface area contributed by atoms with Gasteiger partial charge < -0.3 is 19.5 Å². The average molecular weight is 253 g/mol. The highest BCUT2D eigenvalue weighted by atomic mass is 16.5. The zero-order chi connectivity index (χ0) is 13.5. The molecule has 0 fully saturated rings. The van der Waals surface area contributed by atoms with Gasteiger partial charge in [-0.3, -0.25) is 4.79 Å². The first-order valence-corrected chi connectivity index (χ1v) is 5.69. The number of hydrogen-bond donors (Lipinski definition) is 1. The van der Waals surface area contributed by atoms with E-state index in [1.807, 2.05) is 0 Å². The average Bonchev–Trinajstić information content (AvgIpc) is 2.38. The van der Waals surface area contributed by atoms with Crippen molar-refractivity contribution in [3.05, 3.63) is 23.8 Å². The number of carbonyl (C=O) groups excluding carboxylic acids is 1. The summed E-state index contributed by atoms with van der Waals surface area (Å²) in [5.74, 6) is 1.13. The fraction of sp³-hybridized carbons (Fsp3) is 0.462. The van der Waals surface area contributed by atoms with Crippen molar-refractivity contribution in [2.24, 2.45) is 0 Å². The van der Waals surface area contributed by atoms with E-state index in [2.05, 4.69) is 0 Å². The third kappa shape index (κ3) is 3.92. The van der Waals surface area contributed by atoms with Gasteiger partial charge in [-0.1, -0.05) is 6.07 Å². The number of amides is 1. The smallest absolute Gasteiger partial charge is 0.225 e. The molecule has 0 aliphatic heterocycles. The highest BCUT2D eigenvalue weighted by Crippen LogP contribution is 2.28.